The van der Waals surface area contributed by atoms with Crippen LogP contribution in [0.2, 0.25) is 0 Å². The van der Waals surface area contributed by atoms with Crippen molar-refractivity contribution in [1.29, 1.82) is 0 Å². The maximum absolute atomic E-state index is 5.79. The molecule has 1 aliphatic heterocycles. The van der Waals surface area contributed by atoms with Gasteiger partial charge in [-0.25, -0.2) is 0 Å². The molecule has 1 unspecified atom stereocenters. The van der Waals surface area contributed by atoms with Gasteiger partial charge in [0.25, 0.3) is 0 Å². The second-order valence-corrected chi connectivity index (χ2v) is 6.88. The first-order valence-corrected chi connectivity index (χ1v) is 8.50. The van der Waals surface area contributed by atoms with E-state index < -0.39 is 0 Å². The van der Waals surface area contributed by atoms with E-state index in [9.17, 15) is 0 Å². The van der Waals surface area contributed by atoms with E-state index in [-0.39, 0.29) is 5.79 Å². The second-order valence-electron chi connectivity index (χ2n) is 6.88. The number of nitrogens with one attached hydrogen (secondary N) is 2. The summed E-state index contributed by atoms with van der Waals surface area (Å²) in [6.45, 7) is 6.12. The third-order valence-corrected chi connectivity index (χ3v) is 5.02. The van der Waals surface area contributed by atoms with Crippen LogP contribution < -0.4 is 10.6 Å². The fourth-order valence-electron chi connectivity index (χ4n) is 3.43. The van der Waals surface area contributed by atoms with Crippen LogP contribution in [-0.4, -0.2) is 44.2 Å². The van der Waals surface area contributed by atoms with Gasteiger partial charge in [0.05, 0.1) is 13.2 Å². The van der Waals surface area contributed by atoms with Gasteiger partial charge in [0.1, 0.15) is 0 Å². The molecule has 3 fully saturated rings. The molecule has 1 spiro atoms. The minimum absolute atomic E-state index is 0.189. The molecule has 4 nitrogen and oxygen atoms in total. The summed E-state index contributed by atoms with van der Waals surface area (Å²) in [6.07, 6.45) is 8.75. The highest BCUT2D eigenvalue weighted by atomic mass is 16.7. The van der Waals surface area contributed by atoms with Gasteiger partial charge in [-0.1, -0.05) is 0 Å². The highest BCUT2D eigenvalue weighted by Crippen LogP contribution is 2.39. The molecule has 2 saturated carbocycles. The average molecular weight is 282 g/mol. The Kier molecular flexibility index (Phi) is 4.97. The van der Waals surface area contributed by atoms with Gasteiger partial charge < -0.3 is 20.1 Å². The predicted octanol–water partition coefficient (Wildman–Crippen LogP) is 2.04. The van der Waals surface area contributed by atoms with E-state index in [2.05, 4.69) is 17.6 Å². The summed E-state index contributed by atoms with van der Waals surface area (Å²) in [7, 11) is 0. The molecule has 0 aromatic rings. The van der Waals surface area contributed by atoms with Gasteiger partial charge in [0, 0.05) is 31.5 Å². The molecule has 20 heavy (non-hydrogen) atoms. The van der Waals surface area contributed by atoms with Crippen LogP contribution in [0.4, 0.5) is 0 Å². The minimum atomic E-state index is -0.189. The molecule has 2 aliphatic carbocycles. The maximum Gasteiger partial charge on any atom is 0.168 e. The van der Waals surface area contributed by atoms with Gasteiger partial charge in [-0.15, -0.1) is 0 Å². The Morgan fingerprint density at radius 2 is 1.80 bits per heavy atom. The van der Waals surface area contributed by atoms with Crippen LogP contribution in [-0.2, 0) is 9.47 Å². The summed E-state index contributed by atoms with van der Waals surface area (Å²) in [5.41, 5.74) is 0. The van der Waals surface area contributed by atoms with Gasteiger partial charge in [-0.2, -0.15) is 0 Å². The third-order valence-electron chi connectivity index (χ3n) is 5.02. The predicted molar refractivity (Wildman–Crippen MR) is 79.7 cm³/mol. The Bertz CT molecular complexity index is 291. The molecule has 1 heterocycles. The monoisotopic (exact) mass is 282 g/mol. The van der Waals surface area contributed by atoms with E-state index in [0.29, 0.717) is 6.04 Å². The van der Waals surface area contributed by atoms with Crippen molar-refractivity contribution in [1.82, 2.24) is 10.6 Å². The zero-order chi connectivity index (χ0) is 13.8. The standard InChI is InChI=1S/C16H30N2O2/c1-13(12-18-15-2-3-15)17-9-6-14-4-7-16(8-5-14)19-10-11-20-16/h13-15,17-18H,2-12H2,1H3. The van der Waals surface area contributed by atoms with E-state index in [4.69, 9.17) is 9.47 Å². The fraction of sp³-hybridized carbons (Fsp3) is 1.00. The lowest BCUT2D eigenvalue weighted by molar-refractivity contribution is -0.182. The van der Waals surface area contributed by atoms with Crippen molar-refractivity contribution >= 4 is 0 Å². The van der Waals surface area contributed by atoms with Crippen molar-refractivity contribution in [2.24, 2.45) is 5.92 Å². The lowest BCUT2D eigenvalue weighted by atomic mass is 9.83. The molecule has 4 heteroatoms. The normalized spacial score (nSPS) is 28.1. The van der Waals surface area contributed by atoms with Crippen molar-refractivity contribution < 1.29 is 9.47 Å². The quantitative estimate of drug-likeness (QED) is 0.750. The molecule has 116 valence electrons. The van der Waals surface area contributed by atoms with Crippen molar-refractivity contribution in [2.75, 3.05) is 26.3 Å². The van der Waals surface area contributed by atoms with Gasteiger partial charge >= 0.3 is 0 Å². The Hall–Kier alpha value is -0.160. The summed E-state index contributed by atoms with van der Waals surface area (Å²) in [5.74, 6) is 0.662. The Balaban J connectivity index is 1.25. The molecule has 2 N–H and O–H groups in total. The fourth-order valence-corrected chi connectivity index (χ4v) is 3.43. The third kappa shape index (κ3) is 4.17. The Labute approximate surface area is 123 Å². The molecular weight excluding hydrogens is 252 g/mol. The maximum atomic E-state index is 5.79. The molecule has 0 radical (unpaired) electrons. The Morgan fingerprint density at radius 1 is 1.10 bits per heavy atom. The minimum Gasteiger partial charge on any atom is -0.348 e. The molecule has 0 aromatic heterocycles. The molecule has 0 aromatic carbocycles. The zero-order valence-corrected chi connectivity index (χ0v) is 12.8. The summed E-state index contributed by atoms with van der Waals surface area (Å²) >= 11 is 0. The van der Waals surface area contributed by atoms with Crippen LogP contribution >= 0.6 is 0 Å². The highest BCUT2D eigenvalue weighted by molar-refractivity contribution is 4.84. The van der Waals surface area contributed by atoms with Crippen LogP contribution in [0, 0.1) is 5.92 Å². The number of rotatable bonds is 7. The summed E-state index contributed by atoms with van der Waals surface area (Å²) in [4.78, 5) is 0. The van der Waals surface area contributed by atoms with Crippen molar-refractivity contribution in [3.05, 3.63) is 0 Å². The van der Waals surface area contributed by atoms with Gasteiger partial charge in [-0.3, -0.25) is 0 Å². The molecule has 3 rings (SSSR count). The van der Waals surface area contributed by atoms with E-state index in [1.807, 2.05) is 0 Å². The van der Waals surface area contributed by atoms with E-state index in [1.165, 1.54) is 32.1 Å². The Morgan fingerprint density at radius 3 is 2.45 bits per heavy atom. The van der Waals surface area contributed by atoms with Crippen molar-refractivity contribution in [3.63, 3.8) is 0 Å². The topological polar surface area (TPSA) is 42.5 Å². The molecule has 0 amide bonds. The van der Waals surface area contributed by atoms with Crippen LogP contribution in [0.25, 0.3) is 0 Å². The second kappa shape index (κ2) is 6.73. The smallest absolute Gasteiger partial charge is 0.168 e. The first-order valence-electron chi connectivity index (χ1n) is 8.50. The van der Waals surface area contributed by atoms with Gasteiger partial charge in [-0.05, 0) is 51.5 Å². The van der Waals surface area contributed by atoms with Gasteiger partial charge in [0.15, 0.2) is 5.79 Å². The highest BCUT2D eigenvalue weighted by Gasteiger charge is 2.39. The first-order chi connectivity index (χ1) is 9.76. The zero-order valence-electron chi connectivity index (χ0n) is 12.8. The average Bonchev–Trinajstić information content (AvgIpc) is 3.19. The molecule has 0 bridgehead atoms. The van der Waals surface area contributed by atoms with Crippen LogP contribution in [0.5, 0.6) is 0 Å². The number of ether oxygens (including phenoxy) is 2. The van der Waals surface area contributed by atoms with E-state index in [1.54, 1.807) is 0 Å². The molecule has 1 saturated heterocycles. The lowest BCUT2D eigenvalue weighted by Crippen LogP contribution is -2.39. The van der Waals surface area contributed by atoms with E-state index in [0.717, 1.165) is 51.1 Å². The summed E-state index contributed by atoms with van der Waals surface area (Å²) < 4.78 is 11.6. The van der Waals surface area contributed by atoms with Gasteiger partial charge in [0.2, 0.25) is 0 Å². The van der Waals surface area contributed by atoms with Crippen LogP contribution in [0.3, 0.4) is 0 Å². The molecule has 1 atom stereocenters. The lowest BCUT2D eigenvalue weighted by Gasteiger charge is -2.35. The van der Waals surface area contributed by atoms with E-state index >= 15 is 0 Å². The van der Waals surface area contributed by atoms with Crippen LogP contribution in [0.15, 0.2) is 0 Å². The first kappa shape index (κ1) is 14.8. The summed E-state index contributed by atoms with van der Waals surface area (Å²) in [6, 6.07) is 1.41. The molecular formula is C16H30N2O2. The molecule has 3 aliphatic rings. The SMILES string of the molecule is CC(CNC1CC1)NCCC1CCC2(CC1)OCCO2. The van der Waals surface area contributed by atoms with Crippen molar-refractivity contribution in [3.8, 4) is 0 Å². The summed E-state index contributed by atoms with van der Waals surface area (Å²) in [5, 5.41) is 7.23. The number of hydrogen-bond donors (Lipinski definition) is 2. The van der Waals surface area contributed by atoms with Crippen LogP contribution in [0.1, 0.15) is 51.9 Å². The largest absolute Gasteiger partial charge is 0.348 e. The number of hydrogen-bond acceptors (Lipinski definition) is 4. The van der Waals surface area contributed by atoms with Crippen molar-refractivity contribution in [2.45, 2.75) is 69.7 Å².